The van der Waals surface area contributed by atoms with E-state index in [0.29, 0.717) is 17.0 Å². The lowest BCUT2D eigenvalue weighted by Crippen LogP contribution is -2.42. The monoisotopic (exact) mass is 455 g/mol. The highest BCUT2D eigenvalue weighted by Crippen LogP contribution is 2.28. The topological polar surface area (TPSA) is 139 Å². The molecule has 1 heterocycles. The highest BCUT2D eigenvalue weighted by molar-refractivity contribution is 6.15. The van der Waals surface area contributed by atoms with Gasteiger partial charge in [0.15, 0.2) is 11.3 Å². The van der Waals surface area contributed by atoms with Gasteiger partial charge in [0.05, 0.1) is 23.8 Å². The summed E-state index contributed by atoms with van der Waals surface area (Å²) in [4.78, 5) is 40.2. The highest BCUT2D eigenvalue weighted by Gasteiger charge is 2.39. The van der Waals surface area contributed by atoms with Gasteiger partial charge in [0.2, 0.25) is 0 Å². The summed E-state index contributed by atoms with van der Waals surface area (Å²) in [5.74, 6) is -2.51. The largest absolute Gasteiger partial charge is 0.496 e. The number of ether oxygens (including phenoxy) is 3. The van der Waals surface area contributed by atoms with Gasteiger partial charge in [0.1, 0.15) is 5.75 Å². The van der Waals surface area contributed by atoms with Crippen molar-refractivity contribution in [2.24, 2.45) is 5.16 Å². The van der Waals surface area contributed by atoms with Gasteiger partial charge in [-0.15, -0.1) is 0 Å². The van der Waals surface area contributed by atoms with Crippen molar-refractivity contribution < 1.29 is 33.6 Å². The number of nitro benzene ring substituents is 1. The fourth-order valence-electron chi connectivity index (χ4n) is 2.87. The van der Waals surface area contributed by atoms with Crippen LogP contribution in [0.1, 0.15) is 26.3 Å². The number of anilines is 1. The number of rotatable bonds is 7. The molecule has 0 aliphatic carbocycles. The van der Waals surface area contributed by atoms with Crippen molar-refractivity contribution in [3.05, 3.63) is 69.9 Å². The Hall–Kier alpha value is -4.41. The first-order chi connectivity index (χ1) is 15.6. The summed E-state index contributed by atoms with van der Waals surface area (Å²) in [6.45, 7) is 4.54. The molecule has 2 aromatic rings. The fourth-order valence-corrected chi connectivity index (χ4v) is 2.87. The quantitative estimate of drug-likeness (QED) is 0.166. The molecule has 11 nitrogen and oxygen atoms in total. The van der Waals surface area contributed by atoms with Gasteiger partial charge >= 0.3 is 11.9 Å². The van der Waals surface area contributed by atoms with Gasteiger partial charge in [-0.1, -0.05) is 17.3 Å². The number of carbonyl (C=O) groups is 2. The normalized spacial score (nSPS) is 15.3. The number of esters is 2. The van der Waals surface area contributed by atoms with Crippen LogP contribution in [-0.2, 0) is 19.1 Å². The molecule has 11 heteroatoms. The van der Waals surface area contributed by atoms with E-state index >= 15 is 0 Å². The van der Waals surface area contributed by atoms with Crippen LogP contribution >= 0.6 is 0 Å². The number of benzene rings is 2. The zero-order valence-electron chi connectivity index (χ0n) is 18.3. The van der Waals surface area contributed by atoms with Gasteiger partial charge < -0.3 is 24.4 Å². The molecular weight excluding hydrogens is 434 g/mol. The standard InChI is InChI=1S/C22H21N3O8/c1-13(17-7-5-6-8-19(17)30-4)24-33-16-10-14(9-15(11-16)25(28)29)23-12-18-20(26)31-22(2,3)32-21(18)27/h5-12,23H,1-4H3. The Morgan fingerprint density at radius 2 is 1.82 bits per heavy atom. The average molecular weight is 455 g/mol. The summed E-state index contributed by atoms with van der Waals surface area (Å²) >= 11 is 0. The van der Waals surface area contributed by atoms with E-state index in [2.05, 4.69) is 10.5 Å². The molecule has 0 unspecified atom stereocenters. The van der Waals surface area contributed by atoms with Crippen LogP contribution < -0.4 is 14.9 Å². The number of hydrogen-bond donors (Lipinski definition) is 1. The molecule has 0 saturated carbocycles. The van der Waals surface area contributed by atoms with Gasteiger partial charge in [-0.2, -0.15) is 0 Å². The number of nitro groups is 1. The third-order valence-electron chi connectivity index (χ3n) is 4.39. The van der Waals surface area contributed by atoms with E-state index in [4.69, 9.17) is 19.0 Å². The van der Waals surface area contributed by atoms with E-state index in [1.807, 2.05) is 12.1 Å². The van der Waals surface area contributed by atoms with E-state index in [9.17, 15) is 19.7 Å². The van der Waals surface area contributed by atoms with Crippen molar-refractivity contribution in [1.82, 2.24) is 0 Å². The van der Waals surface area contributed by atoms with Crippen molar-refractivity contribution in [2.75, 3.05) is 12.4 Å². The third-order valence-corrected chi connectivity index (χ3v) is 4.39. The first-order valence-electron chi connectivity index (χ1n) is 9.67. The van der Waals surface area contributed by atoms with Crippen molar-refractivity contribution >= 4 is 29.0 Å². The lowest BCUT2D eigenvalue weighted by atomic mass is 10.1. The van der Waals surface area contributed by atoms with E-state index in [1.54, 1.807) is 19.1 Å². The maximum Gasteiger partial charge on any atom is 0.350 e. The molecule has 0 aromatic heterocycles. The molecule has 33 heavy (non-hydrogen) atoms. The number of nitrogens with zero attached hydrogens (tertiary/aromatic N) is 2. The first kappa shape index (κ1) is 23.3. The number of methoxy groups -OCH3 is 1. The van der Waals surface area contributed by atoms with Crippen molar-refractivity contribution in [3.8, 4) is 11.5 Å². The molecule has 1 N–H and O–H groups in total. The second-order valence-corrected chi connectivity index (χ2v) is 7.32. The number of para-hydroxylation sites is 1. The van der Waals surface area contributed by atoms with Gasteiger partial charge in [-0.3, -0.25) is 10.1 Å². The molecule has 1 aliphatic heterocycles. The Labute approximate surface area is 188 Å². The molecule has 0 amide bonds. The van der Waals surface area contributed by atoms with E-state index in [-0.39, 0.29) is 17.1 Å². The van der Waals surface area contributed by atoms with Crippen LogP contribution in [-0.4, -0.2) is 35.5 Å². The molecule has 3 rings (SSSR count). The lowest BCUT2D eigenvalue weighted by Gasteiger charge is -2.29. The van der Waals surface area contributed by atoms with Gasteiger partial charge in [0, 0.05) is 43.4 Å². The summed E-state index contributed by atoms with van der Waals surface area (Å²) in [6.07, 6.45) is 1.05. The number of cyclic esters (lactones) is 2. The predicted molar refractivity (Wildman–Crippen MR) is 117 cm³/mol. The number of non-ortho nitro benzene ring substituents is 1. The maximum atomic E-state index is 12.1. The van der Waals surface area contributed by atoms with Gasteiger partial charge in [0.25, 0.3) is 11.5 Å². The third kappa shape index (κ3) is 5.64. The fraction of sp³-hybridized carbons (Fsp3) is 0.227. The lowest BCUT2D eigenvalue weighted by molar-refractivity contribution is -0.384. The minimum Gasteiger partial charge on any atom is -0.496 e. The number of carbonyl (C=O) groups excluding carboxylic acids is 2. The Kier molecular flexibility index (Phi) is 6.61. The first-order valence-corrected chi connectivity index (χ1v) is 9.67. The molecule has 1 saturated heterocycles. The van der Waals surface area contributed by atoms with E-state index in [0.717, 1.165) is 6.20 Å². The predicted octanol–water partition coefficient (Wildman–Crippen LogP) is 3.54. The molecule has 1 fully saturated rings. The smallest absolute Gasteiger partial charge is 0.350 e. The Bertz CT molecular complexity index is 1150. The minimum atomic E-state index is -1.38. The van der Waals surface area contributed by atoms with Gasteiger partial charge in [-0.25, -0.2) is 9.59 Å². The summed E-state index contributed by atoms with van der Waals surface area (Å²) in [6, 6.07) is 11.0. The number of oxime groups is 1. The molecule has 172 valence electrons. The van der Waals surface area contributed by atoms with E-state index in [1.165, 1.54) is 39.2 Å². The molecule has 2 aromatic carbocycles. The van der Waals surface area contributed by atoms with Crippen molar-refractivity contribution in [3.63, 3.8) is 0 Å². The maximum absolute atomic E-state index is 12.1. The molecule has 1 aliphatic rings. The summed E-state index contributed by atoms with van der Waals surface area (Å²) in [7, 11) is 1.53. The second kappa shape index (κ2) is 9.39. The summed E-state index contributed by atoms with van der Waals surface area (Å²) < 4.78 is 15.3. The number of nitrogens with one attached hydrogen (secondary N) is 1. The van der Waals surface area contributed by atoms with Crippen LogP contribution in [0.5, 0.6) is 11.5 Å². The zero-order chi connectivity index (χ0) is 24.2. The zero-order valence-corrected chi connectivity index (χ0v) is 18.3. The van der Waals surface area contributed by atoms with Crippen molar-refractivity contribution in [1.29, 1.82) is 0 Å². The SMILES string of the molecule is COc1ccccc1C(C)=NOc1cc(NC=C2C(=O)OC(C)(C)OC2=O)cc([N+](=O)[O-])c1. The van der Waals surface area contributed by atoms with E-state index < -0.39 is 28.2 Å². The van der Waals surface area contributed by atoms with Crippen LogP contribution in [0.25, 0.3) is 0 Å². The molecule has 0 atom stereocenters. The molecule has 0 radical (unpaired) electrons. The number of hydrogen-bond acceptors (Lipinski definition) is 10. The molecular formula is C22H21N3O8. The Balaban J connectivity index is 1.85. The summed E-state index contributed by atoms with van der Waals surface area (Å²) in [5.41, 5.74) is 0.640. The summed E-state index contributed by atoms with van der Waals surface area (Å²) in [5, 5.41) is 18.0. The van der Waals surface area contributed by atoms with Crippen LogP contribution in [0.3, 0.4) is 0 Å². The second-order valence-electron chi connectivity index (χ2n) is 7.32. The van der Waals surface area contributed by atoms with Gasteiger partial charge in [-0.05, 0) is 19.1 Å². The van der Waals surface area contributed by atoms with Crippen LogP contribution in [0.15, 0.2) is 59.4 Å². The molecule has 0 bridgehead atoms. The van der Waals surface area contributed by atoms with Crippen LogP contribution in [0.4, 0.5) is 11.4 Å². The highest BCUT2D eigenvalue weighted by atomic mass is 16.7. The van der Waals surface area contributed by atoms with Crippen LogP contribution in [0.2, 0.25) is 0 Å². The minimum absolute atomic E-state index is 0.0503. The van der Waals surface area contributed by atoms with Crippen LogP contribution in [0, 0.1) is 10.1 Å². The average Bonchev–Trinajstić information content (AvgIpc) is 2.75. The Morgan fingerprint density at radius 1 is 1.15 bits per heavy atom. The van der Waals surface area contributed by atoms with Crippen molar-refractivity contribution in [2.45, 2.75) is 26.6 Å². The molecule has 0 spiro atoms. The Morgan fingerprint density at radius 3 is 2.45 bits per heavy atom.